The van der Waals surface area contributed by atoms with Crippen LogP contribution < -0.4 is 9.64 Å². The number of amides is 1. The Morgan fingerprint density at radius 2 is 2.20 bits per heavy atom. The molecule has 1 aromatic rings. The Hall–Kier alpha value is -1.16. The van der Waals surface area contributed by atoms with Crippen molar-refractivity contribution >= 4 is 24.2 Å². The molecule has 0 spiro atoms. The van der Waals surface area contributed by atoms with Gasteiger partial charge in [0.2, 0.25) is 5.91 Å². The van der Waals surface area contributed by atoms with Crippen molar-refractivity contribution in [3.05, 3.63) is 24.3 Å². The summed E-state index contributed by atoms with van der Waals surface area (Å²) in [6, 6.07) is 7.36. The third-order valence-electron chi connectivity index (χ3n) is 2.13. The van der Waals surface area contributed by atoms with Gasteiger partial charge in [0.15, 0.2) is 0 Å². The molecule has 0 bridgehead atoms. The van der Waals surface area contributed by atoms with Crippen molar-refractivity contribution in [2.75, 3.05) is 19.1 Å². The Labute approximate surface area is 95.4 Å². The summed E-state index contributed by atoms with van der Waals surface area (Å²) >= 11 is 4.11. The van der Waals surface area contributed by atoms with Crippen molar-refractivity contribution in [2.45, 2.75) is 12.2 Å². The largest absolute Gasteiger partial charge is 0.497 e. The second kappa shape index (κ2) is 5.07. The molecule has 1 unspecified atom stereocenters. The van der Waals surface area contributed by atoms with Gasteiger partial charge in [0.05, 0.1) is 12.4 Å². The van der Waals surface area contributed by atoms with Crippen LogP contribution in [0, 0.1) is 0 Å². The van der Waals surface area contributed by atoms with Gasteiger partial charge in [-0.2, -0.15) is 12.6 Å². The molecule has 0 aliphatic carbocycles. The molecule has 0 aromatic heterocycles. The molecule has 0 saturated heterocycles. The number of rotatable bonds is 3. The van der Waals surface area contributed by atoms with Crippen molar-refractivity contribution in [3.8, 4) is 5.75 Å². The first-order valence-corrected chi connectivity index (χ1v) is 5.17. The van der Waals surface area contributed by atoms with Crippen LogP contribution in [0.2, 0.25) is 0 Å². The minimum Gasteiger partial charge on any atom is -0.497 e. The fourth-order valence-corrected chi connectivity index (χ4v) is 1.40. The van der Waals surface area contributed by atoms with Crippen LogP contribution >= 0.6 is 12.6 Å². The van der Waals surface area contributed by atoms with Gasteiger partial charge in [-0.3, -0.25) is 4.79 Å². The molecule has 1 aromatic carbocycles. The molecular formula is C11H15NO2S. The molecule has 82 valence electrons. The van der Waals surface area contributed by atoms with Crippen LogP contribution in [0.15, 0.2) is 24.3 Å². The van der Waals surface area contributed by atoms with Gasteiger partial charge in [-0.05, 0) is 19.1 Å². The molecule has 0 aliphatic heterocycles. The molecule has 4 heteroatoms. The topological polar surface area (TPSA) is 29.5 Å². The first-order chi connectivity index (χ1) is 7.06. The van der Waals surface area contributed by atoms with E-state index in [4.69, 9.17) is 4.74 Å². The second-order valence-corrected chi connectivity index (χ2v) is 4.05. The zero-order chi connectivity index (χ0) is 11.4. The summed E-state index contributed by atoms with van der Waals surface area (Å²) in [6.07, 6.45) is 0. The van der Waals surface area contributed by atoms with Gasteiger partial charge in [0, 0.05) is 18.8 Å². The number of carbonyl (C=O) groups is 1. The normalized spacial score (nSPS) is 12.0. The zero-order valence-corrected chi connectivity index (χ0v) is 9.99. The second-order valence-electron chi connectivity index (χ2n) is 3.27. The molecule has 3 nitrogen and oxygen atoms in total. The minimum atomic E-state index is -0.304. The molecule has 0 aliphatic rings. The van der Waals surface area contributed by atoms with Crippen molar-refractivity contribution in [1.82, 2.24) is 0 Å². The van der Waals surface area contributed by atoms with Crippen LogP contribution in [0.4, 0.5) is 5.69 Å². The van der Waals surface area contributed by atoms with Gasteiger partial charge < -0.3 is 9.64 Å². The highest BCUT2D eigenvalue weighted by atomic mass is 32.1. The maximum Gasteiger partial charge on any atom is 0.239 e. The summed E-state index contributed by atoms with van der Waals surface area (Å²) in [5, 5.41) is -0.304. The lowest BCUT2D eigenvalue weighted by molar-refractivity contribution is -0.117. The van der Waals surface area contributed by atoms with Crippen molar-refractivity contribution < 1.29 is 9.53 Å². The average Bonchev–Trinajstić information content (AvgIpc) is 2.27. The fourth-order valence-electron chi connectivity index (χ4n) is 1.23. The Morgan fingerprint density at radius 3 is 2.73 bits per heavy atom. The van der Waals surface area contributed by atoms with Crippen LogP contribution in [-0.2, 0) is 4.79 Å². The highest BCUT2D eigenvalue weighted by molar-refractivity contribution is 7.81. The fraction of sp³-hybridized carbons (Fsp3) is 0.364. The van der Waals surface area contributed by atoms with Crippen LogP contribution in [0.1, 0.15) is 6.92 Å². The third-order valence-corrected chi connectivity index (χ3v) is 2.35. The van der Waals surface area contributed by atoms with Gasteiger partial charge in [0.1, 0.15) is 5.75 Å². The van der Waals surface area contributed by atoms with E-state index < -0.39 is 0 Å². The molecule has 1 atom stereocenters. The maximum atomic E-state index is 11.7. The van der Waals surface area contributed by atoms with Gasteiger partial charge in [-0.25, -0.2) is 0 Å². The molecule has 0 N–H and O–H groups in total. The molecule has 0 heterocycles. The Morgan fingerprint density at radius 1 is 1.53 bits per heavy atom. The van der Waals surface area contributed by atoms with Crippen molar-refractivity contribution in [1.29, 1.82) is 0 Å². The smallest absolute Gasteiger partial charge is 0.239 e. The van der Waals surface area contributed by atoms with Crippen LogP contribution in [0.25, 0.3) is 0 Å². The number of hydrogen-bond acceptors (Lipinski definition) is 3. The van der Waals surface area contributed by atoms with E-state index in [9.17, 15) is 4.79 Å². The number of thiol groups is 1. The van der Waals surface area contributed by atoms with Crippen LogP contribution in [0.3, 0.4) is 0 Å². The lowest BCUT2D eigenvalue weighted by Gasteiger charge is -2.19. The van der Waals surface area contributed by atoms with Crippen LogP contribution in [-0.4, -0.2) is 25.3 Å². The number of methoxy groups -OCH3 is 1. The first-order valence-electron chi connectivity index (χ1n) is 4.66. The van der Waals surface area contributed by atoms with E-state index in [1.54, 1.807) is 26.0 Å². The van der Waals surface area contributed by atoms with Crippen LogP contribution in [0.5, 0.6) is 5.75 Å². The molecule has 1 amide bonds. The highest BCUT2D eigenvalue weighted by Gasteiger charge is 2.15. The maximum absolute atomic E-state index is 11.7. The third kappa shape index (κ3) is 2.89. The van der Waals surface area contributed by atoms with E-state index in [1.807, 2.05) is 24.3 Å². The molecule has 0 fully saturated rings. The molecular weight excluding hydrogens is 210 g/mol. The number of anilines is 1. The lowest BCUT2D eigenvalue weighted by atomic mass is 10.2. The summed E-state index contributed by atoms with van der Waals surface area (Å²) in [7, 11) is 3.33. The van der Waals surface area contributed by atoms with Gasteiger partial charge in [-0.1, -0.05) is 6.07 Å². The summed E-state index contributed by atoms with van der Waals surface area (Å²) < 4.78 is 5.09. The quantitative estimate of drug-likeness (QED) is 0.797. The predicted molar refractivity (Wildman–Crippen MR) is 64.9 cm³/mol. The molecule has 15 heavy (non-hydrogen) atoms. The van der Waals surface area contributed by atoms with E-state index in [-0.39, 0.29) is 11.2 Å². The van der Waals surface area contributed by atoms with Crippen molar-refractivity contribution in [3.63, 3.8) is 0 Å². The molecule has 0 saturated carbocycles. The summed E-state index contributed by atoms with van der Waals surface area (Å²) in [4.78, 5) is 13.2. The van der Waals surface area contributed by atoms with E-state index >= 15 is 0 Å². The number of nitrogens with zero attached hydrogens (tertiary/aromatic N) is 1. The van der Waals surface area contributed by atoms with E-state index in [2.05, 4.69) is 12.6 Å². The number of ether oxygens (including phenoxy) is 1. The average molecular weight is 225 g/mol. The molecule has 1 rings (SSSR count). The standard InChI is InChI=1S/C11H15NO2S/c1-8(15)11(13)12(2)9-5-4-6-10(7-9)14-3/h4-8,15H,1-3H3. The minimum absolute atomic E-state index is 0.0356. The van der Waals surface area contributed by atoms with E-state index in [1.165, 1.54) is 0 Å². The van der Waals surface area contributed by atoms with Gasteiger partial charge >= 0.3 is 0 Å². The Bertz CT molecular complexity index is 352. The molecule has 0 radical (unpaired) electrons. The first kappa shape index (κ1) is 11.9. The van der Waals surface area contributed by atoms with Gasteiger partial charge in [-0.15, -0.1) is 0 Å². The summed E-state index contributed by atoms with van der Waals surface area (Å²) in [5.74, 6) is 0.700. The Kier molecular flexibility index (Phi) is 4.03. The number of hydrogen-bond donors (Lipinski definition) is 1. The lowest BCUT2D eigenvalue weighted by Crippen LogP contribution is -2.31. The summed E-state index contributed by atoms with van der Waals surface area (Å²) in [5.41, 5.74) is 0.806. The zero-order valence-electron chi connectivity index (χ0n) is 9.10. The highest BCUT2D eigenvalue weighted by Crippen LogP contribution is 2.20. The van der Waals surface area contributed by atoms with E-state index in [0.29, 0.717) is 0 Å². The number of benzene rings is 1. The SMILES string of the molecule is COc1cccc(N(C)C(=O)C(C)S)c1. The van der Waals surface area contributed by atoms with E-state index in [0.717, 1.165) is 11.4 Å². The monoisotopic (exact) mass is 225 g/mol. The summed E-state index contributed by atoms with van der Waals surface area (Å²) in [6.45, 7) is 1.75. The predicted octanol–water partition coefficient (Wildman–Crippen LogP) is 1.98. The number of carbonyl (C=O) groups excluding carboxylic acids is 1. The van der Waals surface area contributed by atoms with Gasteiger partial charge in [0.25, 0.3) is 0 Å². The van der Waals surface area contributed by atoms with Crippen molar-refractivity contribution in [2.24, 2.45) is 0 Å². The Balaban J connectivity index is 2.90.